The number of nitrogens with two attached hydrogens (primary N) is 1. The molecule has 0 aromatic heterocycles. The van der Waals surface area contributed by atoms with Crippen LogP contribution in [0.25, 0.3) is 0 Å². The number of hydrogen-bond acceptors (Lipinski definition) is 12. The Morgan fingerprint density at radius 3 is 1.48 bits per heavy atom. The molecule has 0 rings (SSSR count). The van der Waals surface area contributed by atoms with Crippen LogP contribution in [0.15, 0.2) is 24.7 Å². The molecule has 1 atom stereocenters. The molecular formula is C44H89N4O11Y-. The second-order valence-electron chi connectivity index (χ2n) is 13.0. The third kappa shape index (κ3) is 70.6. The monoisotopic (exact) mass is 939 g/mol. The quantitative estimate of drug-likeness (QED) is 0.0150. The van der Waals surface area contributed by atoms with Crippen molar-refractivity contribution in [3.8, 4) is 0 Å². The summed E-state index contributed by atoms with van der Waals surface area (Å²) in [7, 11) is 2.71. The van der Waals surface area contributed by atoms with E-state index in [0.717, 1.165) is 45.5 Å². The van der Waals surface area contributed by atoms with E-state index < -0.39 is 0 Å². The normalized spacial score (nSPS) is 10.2. The maximum atomic E-state index is 11.7. The van der Waals surface area contributed by atoms with Crippen molar-refractivity contribution in [3.63, 3.8) is 0 Å². The van der Waals surface area contributed by atoms with Gasteiger partial charge in [0.05, 0.1) is 44.8 Å². The number of rotatable bonds is 39. The fraction of sp³-hybridized carbons (Fsp3) is 0.795. The van der Waals surface area contributed by atoms with Crippen molar-refractivity contribution in [2.75, 3.05) is 80.1 Å². The predicted octanol–water partition coefficient (Wildman–Crippen LogP) is 6.57. The van der Waals surface area contributed by atoms with Gasteiger partial charge in [-0.15, -0.1) is 0 Å². The average molecular weight is 939 g/mol. The van der Waals surface area contributed by atoms with Gasteiger partial charge in [0.2, 0.25) is 18.2 Å². The molecule has 0 saturated heterocycles. The summed E-state index contributed by atoms with van der Waals surface area (Å²) in [5.74, 6) is 0.123. The zero-order valence-corrected chi connectivity index (χ0v) is 41.2. The first kappa shape index (κ1) is 69.7. The summed E-state index contributed by atoms with van der Waals surface area (Å²) >= 11 is 0. The van der Waals surface area contributed by atoms with Crippen LogP contribution >= 0.6 is 0 Å². The van der Waals surface area contributed by atoms with Crippen molar-refractivity contribution in [1.82, 2.24) is 16.0 Å². The second kappa shape index (κ2) is 66.1. The van der Waals surface area contributed by atoms with Crippen LogP contribution in [-0.2, 0) is 70.8 Å². The number of allylic oxidation sites excluding steroid dienone is 1. The van der Waals surface area contributed by atoms with E-state index in [2.05, 4.69) is 41.8 Å². The van der Waals surface area contributed by atoms with Crippen LogP contribution in [0.1, 0.15) is 142 Å². The molecule has 0 bridgehead atoms. The van der Waals surface area contributed by atoms with Crippen LogP contribution in [0.4, 0.5) is 0 Å². The number of hydrogen-bond donors (Lipinski definition) is 7. The minimum atomic E-state index is -0.278. The number of aldehydes is 1. The summed E-state index contributed by atoms with van der Waals surface area (Å²) in [5, 5.41) is 33.6. The molecule has 60 heavy (non-hydrogen) atoms. The molecule has 3 amide bonds. The van der Waals surface area contributed by atoms with Gasteiger partial charge in [-0.3, -0.25) is 14.4 Å². The van der Waals surface area contributed by atoms with Gasteiger partial charge in [0.15, 0.2) is 0 Å². The standard InChI is InChI=1S/C21H40N3O7.C19H36O2.C2H6.CH3NO.CH4O.Y/c1-4-8-23-21(27)17-31-16-15-29-11-5-10-28-13-14-30-12-9-24-20(26)7-6-19(22-3)18(2)25;1-19(21)17-15-13-11-9-7-5-3-2-4-6-8-10-12-14-16-18-20;1-2;2-1-3;1-2;/h19,22,25H,1-2,4-17H2,3H3,(H,23,27)(H,24,26);18,21H,1-17H2;1-2H3;1H,(H2,2,3);2H,1H3;/q-1;;;;;. The molecule has 0 aliphatic carbocycles. The molecule has 15 nitrogen and oxygen atoms in total. The van der Waals surface area contributed by atoms with E-state index in [1.807, 2.05) is 13.8 Å². The summed E-state index contributed by atoms with van der Waals surface area (Å²) in [6.45, 7) is 18.9. The Kier molecular flexibility index (Phi) is 76.8. The van der Waals surface area contributed by atoms with E-state index in [-0.39, 0.29) is 69.3 Å². The van der Waals surface area contributed by atoms with Gasteiger partial charge in [-0.05, 0) is 39.3 Å². The fourth-order valence-corrected chi connectivity index (χ4v) is 5.03. The van der Waals surface area contributed by atoms with Crippen molar-refractivity contribution in [1.29, 1.82) is 0 Å². The number of aliphatic hydroxyl groups excluding tert-OH is 3. The van der Waals surface area contributed by atoms with Gasteiger partial charge in [0, 0.05) is 78.8 Å². The van der Waals surface area contributed by atoms with Crippen molar-refractivity contribution in [2.45, 2.75) is 148 Å². The fourth-order valence-electron chi connectivity index (χ4n) is 5.03. The summed E-state index contributed by atoms with van der Waals surface area (Å²) < 4.78 is 21.4. The Balaban J connectivity index is -0.000000218. The number of carbonyl (C=O) groups excluding carboxylic acids is 4. The number of likely N-dealkylation sites (N-methyl/N-ethyl adjacent to an activating group) is 1. The van der Waals surface area contributed by atoms with Crippen molar-refractivity contribution in [2.24, 2.45) is 5.73 Å². The SMILES string of the molecule is C=C(O)C(CCC(=O)NCCOCCOCCCOCCOCC(=O)NCC[CH2-])NC.C=C(O)CCCCCCCCCCCCCCCCC=O.CC.CO.NC=O.[Y]. The van der Waals surface area contributed by atoms with Gasteiger partial charge in [-0.2, -0.15) is 6.42 Å². The minimum Gasteiger partial charge on any atom is -0.513 e. The van der Waals surface area contributed by atoms with Crippen molar-refractivity contribution in [3.05, 3.63) is 31.6 Å². The van der Waals surface area contributed by atoms with Crippen molar-refractivity contribution < 1.29 is 86.2 Å². The Labute approximate surface area is 390 Å². The van der Waals surface area contributed by atoms with Crippen LogP contribution in [0, 0.1) is 6.92 Å². The van der Waals surface area contributed by atoms with E-state index in [1.165, 1.54) is 77.0 Å². The Bertz CT molecular complexity index is 906. The van der Waals surface area contributed by atoms with Gasteiger partial charge in [-0.1, -0.05) is 104 Å². The van der Waals surface area contributed by atoms with E-state index in [4.69, 9.17) is 34.0 Å². The molecular weight excluding hydrogens is 849 g/mol. The first-order valence-corrected chi connectivity index (χ1v) is 21.8. The molecule has 355 valence electrons. The molecule has 0 heterocycles. The molecule has 0 aromatic carbocycles. The molecule has 0 aliphatic rings. The molecule has 1 unspecified atom stereocenters. The number of unbranched alkanes of at least 4 members (excludes halogenated alkanes) is 14. The number of nitrogens with one attached hydrogen (secondary N) is 3. The maximum absolute atomic E-state index is 11.7. The molecule has 0 aromatic rings. The van der Waals surface area contributed by atoms with E-state index in [1.54, 1.807) is 7.05 Å². The number of carbonyl (C=O) groups is 4. The van der Waals surface area contributed by atoms with Gasteiger partial charge < -0.3 is 67.7 Å². The summed E-state index contributed by atoms with van der Waals surface area (Å²) in [5.41, 5.74) is 4.17. The predicted molar refractivity (Wildman–Crippen MR) is 239 cm³/mol. The topological polar surface area (TPSA) is 228 Å². The Hall–Kier alpha value is -1.98. The van der Waals surface area contributed by atoms with Gasteiger partial charge in [-0.25, -0.2) is 0 Å². The second-order valence-corrected chi connectivity index (χ2v) is 13.0. The number of amides is 3. The summed E-state index contributed by atoms with van der Waals surface area (Å²) in [6, 6.07) is -0.278. The number of primary amides is 1. The van der Waals surface area contributed by atoms with Crippen LogP contribution in [0.3, 0.4) is 0 Å². The number of aliphatic hydroxyl groups is 3. The van der Waals surface area contributed by atoms with E-state index in [9.17, 15) is 19.5 Å². The third-order valence-electron chi connectivity index (χ3n) is 8.07. The third-order valence-corrected chi connectivity index (χ3v) is 8.07. The molecule has 1 radical (unpaired) electrons. The first-order valence-electron chi connectivity index (χ1n) is 21.8. The largest absolute Gasteiger partial charge is 0.513 e. The van der Waals surface area contributed by atoms with Gasteiger partial charge in [0.25, 0.3) is 0 Å². The van der Waals surface area contributed by atoms with E-state index in [0.29, 0.717) is 84.4 Å². The molecule has 0 aliphatic heterocycles. The zero-order chi connectivity index (χ0) is 45.5. The average Bonchev–Trinajstić information content (AvgIpc) is 3.23. The molecule has 8 N–H and O–H groups in total. The van der Waals surface area contributed by atoms with Crippen molar-refractivity contribution >= 4 is 24.5 Å². The van der Waals surface area contributed by atoms with E-state index >= 15 is 0 Å². The zero-order valence-electron chi connectivity index (χ0n) is 38.3. The van der Waals surface area contributed by atoms with Crippen LogP contribution < -0.4 is 21.7 Å². The number of ether oxygens (including phenoxy) is 4. The first-order chi connectivity index (χ1) is 28.7. The summed E-state index contributed by atoms with van der Waals surface area (Å²) in [4.78, 5) is 41.7. The van der Waals surface area contributed by atoms with Gasteiger partial charge in [0.1, 0.15) is 18.7 Å². The molecule has 16 heteroatoms. The maximum Gasteiger partial charge on any atom is 0.245 e. The van der Waals surface area contributed by atoms with Crippen LogP contribution in [0.2, 0.25) is 0 Å². The van der Waals surface area contributed by atoms with Crippen LogP contribution in [0.5, 0.6) is 0 Å². The minimum absolute atomic E-state index is 0. The molecule has 0 saturated carbocycles. The van der Waals surface area contributed by atoms with Crippen LogP contribution in [-0.4, -0.2) is 126 Å². The Morgan fingerprint density at radius 2 is 1.07 bits per heavy atom. The Morgan fingerprint density at radius 1 is 0.650 bits per heavy atom. The smallest absolute Gasteiger partial charge is 0.245 e. The molecule has 0 spiro atoms. The summed E-state index contributed by atoms with van der Waals surface area (Å²) in [6.07, 6.45) is 23.2. The molecule has 0 fully saturated rings. The van der Waals surface area contributed by atoms with Gasteiger partial charge >= 0.3 is 0 Å².